The van der Waals surface area contributed by atoms with E-state index < -0.39 is 6.42 Å². The molecule has 1 aromatic carbocycles. The van der Waals surface area contributed by atoms with Gasteiger partial charge in [0.2, 0.25) is 0 Å². The molecular formula is C16H27N2O3PS. The highest BCUT2D eigenvalue weighted by atomic mass is 32.4. The standard InChI is InChI=1S/C11H16NO3PS.C5H11N/c1-14-10-2-4-11(5-3-10)16(13,17)12-6-8-15-9-7-12;1-2-4-6-5-3-1/h2-5H,6-9H2,1H3,(H,13,17);6H,1-5H2. The molecule has 23 heavy (non-hydrogen) atoms. The van der Waals surface area contributed by atoms with Crippen LogP contribution in [0.2, 0.25) is 0 Å². The zero-order chi connectivity index (χ0) is 16.5. The van der Waals surface area contributed by atoms with E-state index in [0.29, 0.717) is 26.3 Å². The largest absolute Gasteiger partial charge is 0.497 e. The van der Waals surface area contributed by atoms with Crippen molar-refractivity contribution < 1.29 is 14.4 Å². The number of methoxy groups -OCH3 is 1. The topological polar surface area (TPSA) is 54.0 Å². The van der Waals surface area contributed by atoms with Gasteiger partial charge in [0.05, 0.1) is 20.3 Å². The molecule has 2 saturated heterocycles. The fourth-order valence-corrected chi connectivity index (χ4v) is 4.99. The number of hydrogen-bond donors (Lipinski definition) is 2. The third-order valence-corrected chi connectivity index (χ3v) is 7.45. The van der Waals surface area contributed by atoms with Crippen molar-refractivity contribution in [1.29, 1.82) is 0 Å². The third-order valence-electron chi connectivity index (χ3n) is 3.99. The fraction of sp³-hybridized carbons (Fsp3) is 0.625. The third kappa shape index (κ3) is 5.82. The van der Waals surface area contributed by atoms with Gasteiger partial charge < -0.3 is 19.7 Å². The van der Waals surface area contributed by atoms with Crippen LogP contribution in [-0.4, -0.2) is 56.1 Å². The molecule has 5 nitrogen and oxygen atoms in total. The second kappa shape index (κ2) is 9.72. The average molecular weight is 358 g/mol. The van der Waals surface area contributed by atoms with Crippen molar-refractivity contribution in [1.82, 2.24) is 9.99 Å². The van der Waals surface area contributed by atoms with E-state index in [-0.39, 0.29) is 0 Å². The number of nitrogens with one attached hydrogen (secondary N) is 1. The van der Waals surface area contributed by atoms with Gasteiger partial charge in [0.1, 0.15) is 5.75 Å². The lowest BCUT2D eigenvalue weighted by Gasteiger charge is -2.33. The highest BCUT2D eigenvalue weighted by Gasteiger charge is 2.26. The molecule has 2 aliphatic rings. The molecule has 1 atom stereocenters. The lowest BCUT2D eigenvalue weighted by molar-refractivity contribution is 0.0721. The van der Waals surface area contributed by atoms with Crippen LogP contribution in [-0.2, 0) is 16.5 Å². The maximum Gasteiger partial charge on any atom is 0.159 e. The van der Waals surface area contributed by atoms with Crippen LogP contribution in [0.25, 0.3) is 0 Å². The van der Waals surface area contributed by atoms with E-state index >= 15 is 0 Å². The van der Waals surface area contributed by atoms with Crippen LogP contribution >= 0.6 is 6.42 Å². The molecule has 1 unspecified atom stereocenters. The van der Waals surface area contributed by atoms with Gasteiger partial charge in [0.15, 0.2) is 6.42 Å². The molecule has 0 bridgehead atoms. The van der Waals surface area contributed by atoms with Crippen molar-refractivity contribution in [2.75, 3.05) is 46.5 Å². The Labute approximate surface area is 144 Å². The van der Waals surface area contributed by atoms with E-state index in [2.05, 4.69) is 5.32 Å². The summed E-state index contributed by atoms with van der Waals surface area (Å²) in [6.45, 7) is 5.16. The minimum atomic E-state index is -2.62. The summed E-state index contributed by atoms with van der Waals surface area (Å²) in [6.07, 6.45) is 1.60. The number of morpholine rings is 1. The van der Waals surface area contributed by atoms with Gasteiger partial charge in [-0.05, 0) is 62.0 Å². The molecule has 2 aliphatic heterocycles. The van der Waals surface area contributed by atoms with Crippen molar-refractivity contribution in [3.8, 4) is 5.75 Å². The maximum atomic E-state index is 10.5. The zero-order valence-electron chi connectivity index (χ0n) is 13.7. The summed E-state index contributed by atoms with van der Waals surface area (Å²) in [5, 5.41) is 4.09. The fourth-order valence-electron chi connectivity index (χ4n) is 2.57. The van der Waals surface area contributed by atoms with Crippen molar-refractivity contribution >= 4 is 23.5 Å². The highest BCUT2D eigenvalue weighted by Crippen LogP contribution is 2.44. The molecule has 2 heterocycles. The molecule has 0 saturated carbocycles. The molecule has 0 aromatic heterocycles. The van der Waals surface area contributed by atoms with E-state index in [1.165, 1.54) is 32.4 Å². The van der Waals surface area contributed by atoms with Gasteiger partial charge in [0.25, 0.3) is 0 Å². The molecular weight excluding hydrogens is 331 g/mol. The summed E-state index contributed by atoms with van der Waals surface area (Å²) in [5.74, 6) is 0.769. The maximum absolute atomic E-state index is 10.5. The lowest BCUT2D eigenvalue weighted by atomic mass is 10.2. The van der Waals surface area contributed by atoms with E-state index in [1.54, 1.807) is 7.11 Å². The molecule has 0 aliphatic carbocycles. The van der Waals surface area contributed by atoms with Crippen molar-refractivity contribution in [3.63, 3.8) is 0 Å². The van der Waals surface area contributed by atoms with Crippen LogP contribution in [0.15, 0.2) is 24.3 Å². The number of hydrogen-bond acceptors (Lipinski definition) is 4. The van der Waals surface area contributed by atoms with Gasteiger partial charge in [-0.2, -0.15) is 0 Å². The molecule has 1 aromatic rings. The van der Waals surface area contributed by atoms with E-state index in [0.717, 1.165) is 11.1 Å². The second-order valence-electron chi connectivity index (χ2n) is 5.62. The van der Waals surface area contributed by atoms with Gasteiger partial charge in [-0.3, -0.25) is 0 Å². The smallest absolute Gasteiger partial charge is 0.159 e. The van der Waals surface area contributed by atoms with Gasteiger partial charge in [-0.1, -0.05) is 6.42 Å². The summed E-state index contributed by atoms with van der Waals surface area (Å²) >= 11 is 5.41. The van der Waals surface area contributed by atoms with Crippen LogP contribution in [0.5, 0.6) is 5.75 Å². The van der Waals surface area contributed by atoms with Crippen molar-refractivity contribution in [2.24, 2.45) is 0 Å². The second-order valence-corrected chi connectivity index (χ2v) is 9.32. The summed E-state index contributed by atoms with van der Waals surface area (Å²) < 4.78 is 12.3. The SMILES string of the molecule is C1CCNCC1.COc1ccc(P(O)(=S)N2CCOCC2)cc1. The van der Waals surface area contributed by atoms with Gasteiger partial charge in [-0.25, -0.2) is 4.67 Å². The normalized spacial score (nSPS) is 21.7. The number of ether oxygens (including phenoxy) is 2. The Hall–Kier alpha value is -0.490. The molecule has 130 valence electrons. The van der Waals surface area contributed by atoms with Gasteiger partial charge in [0, 0.05) is 18.4 Å². The van der Waals surface area contributed by atoms with E-state index in [1.807, 2.05) is 28.9 Å². The predicted octanol–water partition coefficient (Wildman–Crippen LogP) is 1.71. The Balaban J connectivity index is 0.000000268. The molecule has 0 amide bonds. The quantitative estimate of drug-likeness (QED) is 0.803. The van der Waals surface area contributed by atoms with E-state index in [4.69, 9.17) is 21.3 Å². The summed E-state index contributed by atoms with van der Waals surface area (Å²) in [5.41, 5.74) is 0. The monoisotopic (exact) mass is 358 g/mol. The molecule has 7 heteroatoms. The van der Waals surface area contributed by atoms with Gasteiger partial charge >= 0.3 is 0 Å². The van der Waals surface area contributed by atoms with Crippen LogP contribution in [0.1, 0.15) is 19.3 Å². The first-order valence-corrected chi connectivity index (χ1v) is 10.9. The molecule has 3 rings (SSSR count). The van der Waals surface area contributed by atoms with Gasteiger partial charge in [-0.15, -0.1) is 0 Å². The first-order valence-electron chi connectivity index (χ1n) is 8.16. The average Bonchev–Trinajstić information content (AvgIpc) is 2.64. The number of benzene rings is 1. The summed E-state index contributed by atoms with van der Waals surface area (Å²) in [4.78, 5) is 10.5. The predicted molar refractivity (Wildman–Crippen MR) is 98.2 cm³/mol. The Morgan fingerprint density at radius 1 is 1.13 bits per heavy atom. The van der Waals surface area contributed by atoms with E-state index in [9.17, 15) is 4.89 Å². The minimum absolute atomic E-state index is 0.634. The first-order chi connectivity index (χ1) is 11.1. The Bertz CT molecular complexity index is 491. The van der Waals surface area contributed by atoms with Crippen molar-refractivity contribution in [3.05, 3.63) is 24.3 Å². The molecule has 0 radical (unpaired) electrons. The number of piperidine rings is 1. The summed E-state index contributed by atoms with van der Waals surface area (Å²) in [7, 11) is 1.62. The minimum Gasteiger partial charge on any atom is -0.497 e. The van der Waals surface area contributed by atoms with Crippen molar-refractivity contribution in [2.45, 2.75) is 19.3 Å². The summed E-state index contributed by atoms with van der Waals surface area (Å²) in [6, 6.07) is 7.34. The van der Waals surface area contributed by atoms with Crippen LogP contribution in [0.3, 0.4) is 0 Å². The number of nitrogens with zero attached hydrogens (tertiary/aromatic N) is 1. The van der Waals surface area contributed by atoms with Crippen LogP contribution in [0, 0.1) is 0 Å². The Kier molecular flexibility index (Phi) is 7.96. The number of rotatable bonds is 3. The lowest BCUT2D eigenvalue weighted by Crippen LogP contribution is -2.36. The Morgan fingerprint density at radius 2 is 1.74 bits per heavy atom. The Morgan fingerprint density at radius 3 is 2.17 bits per heavy atom. The molecule has 2 N–H and O–H groups in total. The molecule has 2 fully saturated rings. The zero-order valence-corrected chi connectivity index (χ0v) is 15.5. The molecule has 0 spiro atoms. The van der Waals surface area contributed by atoms with Crippen LogP contribution in [0.4, 0.5) is 0 Å². The first kappa shape index (κ1) is 18.8. The highest BCUT2D eigenvalue weighted by molar-refractivity contribution is 8.14. The van der Waals surface area contributed by atoms with Crippen LogP contribution < -0.4 is 15.4 Å².